The first-order chi connectivity index (χ1) is 10.6. The van der Waals surface area contributed by atoms with E-state index in [0.717, 1.165) is 10.0 Å². The second kappa shape index (κ2) is 7.31. The normalized spacial score (nSPS) is 10.2. The van der Waals surface area contributed by atoms with Crippen LogP contribution in [0.25, 0.3) is 0 Å². The fourth-order valence-corrected chi connectivity index (χ4v) is 2.54. The van der Waals surface area contributed by atoms with E-state index in [-0.39, 0.29) is 5.91 Å². The molecule has 0 aromatic heterocycles. The van der Waals surface area contributed by atoms with Gasteiger partial charge in [-0.15, -0.1) is 0 Å². The van der Waals surface area contributed by atoms with E-state index in [9.17, 15) is 4.79 Å². The van der Waals surface area contributed by atoms with Crippen LogP contribution in [-0.2, 0) is 6.54 Å². The highest BCUT2D eigenvalue weighted by molar-refractivity contribution is 9.10. The number of hydrogen-bond donors (Lipinski definition) is 0. The molecule has 22 heavy (non-hydrogen) atoms. The monoisotopic (exact) mass is 363 g/mol. The van der Waals surface area contributed by atoms with Gasteiger partial charge in [-0.05, 0) is 23.8 Å². The second-order valence-corrected chi connectivity index (χ2v) is 5.67. The third kappa shape index (κ3) is 3.60. The molecule has 0 saturated heterocycles. The highest BCUT2D eigenvalue weighted by Crippen LogP contribution is 2.26. The summed E-state index contributed by atoms with van der Waals surface area (Å²) in [6, 6.07) is 13.0. The van der Waals surface area contributed by atoms with Crippen molar-refractivity contribution in [3.05, 3.63) is 58.1 Å². The van der Waals surface area contributed by atoms with Gasteiger partial charge < -0.3 is 14.4 Å². The van der Waals surface area contributed by atoms with Gasteiger partial charge in [0.2, 0.25) is 0 Å². The van der Waals surface area contributed by atoms with Crippen molar-refractivity contribution in [3.8, 4) is 11.5 Å². The molecule has 0 aliphatic rings. The van der Waals surface area contributed by atoms with E-state index in [0.29, 0.717) is 23.6 Å². The molecule has 5 heteroatoms. The van der Waals surface area contributed by atoms with Crippen molar-refractivity contribution in [1.29, 1.82) is 0 Å². The molecule has 0 saturated carbocycles. The zero-order valence-corrected chi connectivity index (χ0v) is 14.4. The Bertz CT molecular complexity index is 673. The topological polar surface area (TPSA) is 38.8 Å². The highest BCUT2D eigenvalue weighted by atomic mass is 79.9. The SMILES string of the molecule is COc1ccc(C(=O)N(C)Cc2ccccc2Br)c(OC)c1. The van der Waals surface area contributed by atoms with Gasteiger partial charge >= 0.3 is 0 Å². The average molecular weight is 364 g/mol. The number of carbonyl (C=O) groups is 1. The summed E-state index contributed by atoms with van der Waals surface area (Å²) in [5.41, 5.74) is 1.56. The molecular formula is C17H18BrNO3. The minimum atomic E-state index is -0.102. The molecule has 0 heterocycles. The Morgan fingerprint density at radius 1 is 1.14 bits per heavy atom. The lowest BCUT2D eigenvalue weighted by Gasteiger charge is -2.19. The molecule has 4 nitrogen and oxygen atoms in total. The Morgan fingerprint density at radius 3 is 2.50 bits per heavy atom. The van der Waals surface area contributed by atoms with E-state index in [4.69, 9.17) is 9.47 Å². The van der Waals surface area contributed by atoms with E-state index in [2.05, 4.69) is 15.9 Å². The standard InChI is InChI=1S/C17H18BrNO3/c1-19(11-12-6-4-5-7-15(12)18)17(20)14-9-8-13(21-2)10-16(14)22-3/h4-10H,11H2,1-3H3. The van der Waals surface area contributed by atoms with Crippen molar-refractivity contribution in [2.24, 2.45) is 0 Å². The van der Waals surface area contributed by atoms with Crippen LogP contribution in [0.5, 0.6) is 11.5 Å². The number of halogens is 1. The predicted molar refractivity (Wildman–Crippen MR) is 89.5 cm³/mol. The molecule has 0 atom stereocenters. The van der Waals surface area contributed by atoms with Crippen LogP contribution in [-0.4, -0.2) is 32.1 Å². The number of rotatable bonds is 5. The van der Waals surface area contributed by atoms with Crippen LogP contribution in [0.2, 0.25) is 0 Å². The van der Waals surface area contributed by atoms with Crippen LogP contribution in [0.1, 0.15) is 15.9 Å². The molecule has 2 rings (SSSR count). The number of hydrogen-bond acceptors (Lipinski definition) is 3. The Balaban J connectivity index is 2.22. The lowest BCUT2D eigenvalue weighted by molar-refractivity contribution is 0.0781. The number of methoxy groups -OCH3 is 2. The van der Waals surface area contributed by atoms with Gasteiger partial charge in [0.05, 0.1) is 19.8 Å². The summed E-state index contributed by atoms with van der Waals surface area (Å²) in [7, 11) is 4.89. The zero-order valence-electron chi connectivity index (χ0n) is 12.8. The summed E-state index contributed by atoms with van der Waals surface area (Å²) in [6.07, 6.45) is 0. The van der Waals surface area contributed by atoms with Crippen molar-refractivity contribution < 1.29 is 14.3 Å². The quantitative estimate of drug-likeness (QED) is 0.812. The molecule has 0 radical (unpaired) electrons. The van der Waals surface area contributed by atoms with Gasteiger partial charge in [0.25, 0.3) is 5.91 Å². The molecular weight excluding hydrogens is 346 g/mol. The Hall–Kier alpha value is -2.01. The molecule has 0 aliphatic carbocycles. The van der Waals surface area contributed by atoms with Gasteiger partial charge in [0.15, 0.2) is 0 Å². The molecule has 116 valence electrons. The fourth-order valence-electron chi connectivity index (χ4n) is 2.13. The van der Waals surface area contributed by atoms with Crippen LogP contribution >= 0.6 is 15.9 Å². The van der Waals surface area contributed by atoms with Gasteiger partial charge in [-0.2, -0.15) is 0 Å². The third-order valence-electron chi connectivity index (χ3n) is 3.35. The number of carbonyl (C=O) groups excluding carboxylic acids is 1. The third-order valence-corrected chi connectivity index (χ3v) is 4.12. The van der Waals surface area contributed by atoms with Crippen LogP contribution in [0.15, 0.2) is 46.9 Å². The van der Waals surface area contributed by atoms with Gasteiger partial charge in [-0.25, -0.2) is 0 Å². The maximum Gasteiger partial charge on any atom is 0.257 e. The summed E-state index contributed by atoms with van der Waals surface area (Å²) in [5.74, 6) is 1.06. The van der Waals surface area contributed by atoms with Gasteiger partial charge in [-0.1, -0.05) is 34.1 Å². The number of amides is 1. The summed E-state index contributed by atoms with van der Waals surface area (Å²) < 4.78 is 11.4. The summed E-state index contributed by atoms with van der Waals surface area (Å²) in [5, 5.41) is 0. The smallest absolute Gasteiger partial charge is 0.257 e. The molecule has 0 unspecified atom stereocenters. The minimum absolute atomic E-state index is 0.102. The van der Waals surface area contributed by atoms with Crippen molar-refractivity contribution in [2.45, 2.75) is 6.54 Å². The maximum atomic E-state index is 12.6. The van der Waals surface area contributed by atoms with Crippen LogP contribution < -0.4 is 9.47 Å². The second-order valence-electron chi connectivity index (χ2n) is 4.82. The number of ether oxygens (including phenoxy) is 2. The zero-order chi connectivity index (χ0) is 16.1. The molecule has 0 spiro atoms. The molecule has 2 aromatic carbocycles. The first-order valence-electron chi connectivity index (χ1n) is 6.77. The van der Waals surface area contributed by atoms with Crippen molar-refractivity contribution in [1.82, 2.24) is 4.90 Å². The van der Waals surface area contributed by atoms with E-state index >= 15 is 0 Å². The van der Waals surface area contributed by atoms with Gasteiger partial charge in [-0.3, -0.25) is 4.79 Å². The lowest BCUT2D eigenvalue weighted by atomic mass is 10.1. The Labute approximate surface area is 138 Å². The summed E-state index contributed by atoms with van der Waals surface area (Å²) >= 11 is 3.50. The van der Waals surface area contributed by atoms with E-state index < -0.39 is 0 Å². The minimum Gasteiger partial charge on any atom is -0.497 e. The summed E-state index contributed by atoms with van der Waals surface area (Å²) in [4.78, 5) is 14.3. The van der Waals surface area contributed by atoms with Crippen molar-refractivity contribution in [3.63, 3.8) is 0 Å². The molecule has 0 aliphatic heterocycles. The molecule has 0 N–H and O–H groups in total. The number of nitrogens with zero attached hydrogens (tertiary/aromatic N) is 1. The first kappa shape index (κ1) is 16.4. The van der Waals surface area contributed by atoms with Crippen LogP contribution in [0, 0.1) is 0 Å². The largest absolute Gasteiger partial charge is 0.497 e. The first-order valence-corrected chi connectivity index (χ1v) is 7.57. The molecule has 1 amide bonds. The van der Waals surface area contributed by atoms with Crippen molar-refractivity contribution in [2.75, 3.05) is 21.3 Å². The van der Waals surface area contributed by atoms with Crippen LogP contribution in [0.4, 0.5) is 0 Å². The van der Waals surface area contributed by atoms with Gasteiger partial charge in [0, 0.05) is 24.1 Å². The lowest BCUT2D eigenvalue weighted by Crippen LogP contribution is -2.26. The Kier molecular flexibility index (Phi) is 5.44. The molecule has 2 aromatic rings. The number of benzene rings is 2. The van der Waals surface area contributed by atoms with Gasteiger partial charge in [0.1, 0.15) is 11.5 Å². The highest BCUT2D eigenvalue weighted by Gasteiger charge is 2.18. The Morgan fingerprint density at radius 2 is 1.86 bits per heavy atom. The molecule has 0 fully saturated rings. The van der Waals surface area contributed by atoms with Crippen LogP contribution in [0.3, 0.4) is 0 Å². The fraction of sp³-hybridized carbons (Fsp3) is 0.235. The maximum absolute atomic E-state index is 12.6. The predicted octanol–water partition coefficient (Wildman–Crippen LogP) is 3.74. The van der Waals surface area contributed by atoms with E-state index in [1.807, 2.05) is 24.3 Å². The molecule has 0 bridgehead atoms. The van der Waals surface area contributed by atoms with Crippen molar-refractivity contribution >= 4 is 21.8 Å². The van der Waals surface area contributed by atoms with E-state index in [1.54, 1.807) is 44.4 Å². The average Bonchev–Trinajstić information content (AvgIpc) is 2.55. The summed E-state index contributed by atoms with van der Waals surface area (Å²) in [6.45, 7) is 0.509. The van der Waals surface area contributed by atoms with E-state index in [1.165, 1.54) is 0 Å².